The molecule has 8 heteroatoms. The Morgan fingerprint density at radius 3 is 1.07 bits per heavy atom. The van der Waals surface area contributed by atoms with Crippen LogP contribution in [0.5, 0.6) is 0 Å². The average molecular weight is 688 g/mol. The van der Waals surface area contributed by atoms with E-state index < -0.39 is 0 Å². The molecule has 0 N–H and O–H groups in total. The summed E-state index contributed by atoms with van der Waals surface area (Å²) in [6.45, 7) is 0. The van der Waals surface area contributed by atoms with Gasteiger partial charge in [-0.2, -0.15) is 0 Å². The molecule has 0 aliphatic heterocycles. The monoisotopic (exact) mass is 688 g/mol. The summed E-state index contributed by atoms with van der Waals surface area (Å²) < 4.78 is 0. The maximum atomic E-state index is 4.44. The number of fused-ring (bicyclic) bond motifs is 9. The van der Waals surface area contributed by atoms with Crippen LogP contribution in [0.3, 0.4) is 0 Å². The maximum absolute atomic E-state index is 4.44. The summed E-state index contributed by atoms with van der Waals surface area (Å²) in [6.07, 6.45) is 12.9. The maximum Gasteiger partial charge on any atom is 0.0975 e. The molecule has 0 saturated heterocycles. The molecule has 0 fully saturated rings. The van der Waals surface area contributed by atoms with Crippen molar-refractivity contribution in [2.24, 2.45) is 0 Å². The fraction of sp³-hybridized carbons (Fsp3) is 0.0270. The van der Waals surface area contributed by atoms with Gasteiger partial charge in [-0.3, -0.25) is 29.9 Å². The van der Waals surface area contributed by atoms with Crippen LogP contribution in [0.15, 0.2) is 145 Å². The second kappa shape index (κ2) is 13.8. The molecular formula is C37H26N6RuS. The van der Waals surface area contributed by atoms with E-state index >= 15 is 0 Å². The second-order valence-corrected chi connectivity index (χ2v) is 10.8. The molecule has 6 nitrogen and oxygen atoms in total. The van der Waals surface area contributed by atoms with Crippen molar-refractivity contribution >= 4 is 77.2 Å². The number of aromatic nitrogens is 6. The zero-order chi connectivity index (χ0) is 29.7. The van der Waals surface area contributed by atoms with Crippen LogP contribution in [0, 0.1) is 0 Å². The molecule has 0 aliphatic carbocycles. The predicted molar refractivity (Wildman–Crippen MR) is 183 cm³/mol. The summed E-state index contributed by atoms with van der Waals surface area (Å²) in [4.78, 5) is 27.5. The van der Waals surface area contributed by atoms with Crippen LogP contribution in [0.2, 0.25) is 0 Å². The molecule has 0 saturated carbocycles. The van der Waals surface area contributed by atoms with Crippen molar-refractivity contribution in [2.45, 2.75) is 4.90 Å². The van der Waals surface area contributed by atoms with Gasteiger partial charge in [-0.1, -0.05) is 60.7 Å². The molecule has 0 aliphatic rings. The van der Waals surface area contributed by atoms with Crippen molar-refractivity contribution in [2.75, 3.05) is 6.26 Å². The standard InChI is InChI=1S/C13H10N2S.2C12H8N2.Ru/c1-16-11-8-9-4-2-6-14-12(9)13-10(11)5-3-7-15-13;2*1-3-9-5-6-10-4-2-8-14-12(10)11(9)13-7-1;/h2-8H,1H3;2*1-8H;. The van der Waals surface area contributed by atoms with Crippen molar-refractivity contribution in [3.05, 3.63) is 140 Å². The molecule has 9 rings (SSSR count). The third-order valence-corrected chi connectivity index (χ3v) is 8.11. The third-order valence-electron chi connectivity index (χ3n) is 7.33. The van der Waals surface area contributed by atoms with Crippen molar-refractivity contribution in [1.29, 1.82) is 0 Å². The summed E-state index contributed by atoms with van der Waals surface area (Å²) in [5.41, 5.74) is 5.88. The van der Waals surface area contributed by atoms with E-state index in [4.69, 9.17) is 0 Å². The molecule has 3 aromatic carbocycles. The molecule has 0 spiro atoms. The van der Waals surface area contributed by atoms with Crippen molar-refractivity contribution < 1.29 is 19.5 Å². The van der Waals surface area contributed by atoms with Gasteiger partial charge in [0.1, 0.15) is 0 Å². The Morgan fingerprint density at radius 2 is 0.689 bits per heavy atom. The molecule has 0 bridgehead atoms. The van der Waals surface area contributed by atoms with Gasteiger partial charge in [0, 0.05) is 93.9 Å². The molecule has 218 valence electrons. The van der Waals surface area contributed by atoms with E-state index in [2.05, 4.69) is 103 Å². The van der Waals surface area contributed by atoms with Gasteiger partial charge in [-0.05, 0) is 48.7 Å². The SMILES string of the molecule is CSc1cc2cccnc2c2ncccc12.[Ru].c1cnc2c(c1)ccc1cccnc12.c1cnc2c(c1)ccc1cccnc12. The van der Waals surface area contributed by atoms with E-state index in [1.165, 1.54) is 10.3 Å². The van der Waals surface area contributed by atoms with E-state index in [0.29, 0.717) is 0 Å². The van der Waals surface area contributed by atoms with Crippen LogP contribution in [0.25, 0.3) is 65.4 Å². The van der Waals surface area contributed by atoms with Gasteiger partial charge in [0.05, 0.1) is 33.1 Å². The minimum absolute atomic E-state index is 0. The summed E-state index contributed by atoms with van der Waals surface area (Å²) in [5, 5.41) is 6.88. The number of thioether (sulfide) groups is 1. The van der Waals surface area contributed by atoms with Gasteiger partial charge < -0.3 is 0 Å². The first kappa shape index (κ1) is 30.1. The molecule has 6 aromatic heterocycles. The Balaban J connectivity index is 0.000000118. The van der Waals surface area contributed by atoms with Crippen LogP contribution < -0.4 is 0 Å². The quantitative estimate of drug-likeness (QED) is 0.0968. The number of benzene rings is 3. The zero-order valence-electron chi connectivity index (χ0n) is 24.2. The average Bonchev–Trinajstić information content (AvgIpc) is 3.12. The predicted octanol–water partition coefficient (Wildman–Crippen LogP) is 9.07. The van der Waals surface area contributed by atoms with E-state index in [1.807, 2.05) is 48.8 Å². The van der Waals surface area contributed by atoms with Crippen molar-refractivity contribution in [3.8, 4) is 0 Å². The molecule has 0 unspecified atom stereocenters. The number of hydrogen-bond donors (Lipinski definition) is 0. The number of pyridine rings is 6. The summed E-state index contributed by atoms with van der Waals surface area (Å²) >= 11 is 1.75. The van der Waals surface area contributed by atoms with Gasteiger partial charge >= 0.3 is 0 Å². The summed E-state index contributed by atoms with van der Waals surface area (Å²) in [5.74, 6) is 0. The second-order valence-electron chi connectivity index (χ2n) is 9.99. The largest absolute Gasteiger partial charge is 0.254 e. The van der Waals surface area contributed by atoms with Crippen LogP contribution in [0.1, 0.15) is 0 Å². The molecule has 9 aromatic rings. The van der Waals surface area contributed by atoms with Gasteiger partial charge in [0.15, 0.2) is 0 Å². The molecule has 0 amide bonds. The topological polar surface area (TPSA) is 77.3 Å². The molecule has 6 heterocycles. The molecular weight excluding hydrogens is 662 g/mol. The van der Waals surface area contributed by atoms with Crippen LogP contribution in [-0.4, -0.2) is 36.2 Å². The fourth-order valence-corrected chi connectivity index (χ4v) is 5.90. The van der Waals surface area contributed by atoms with Crippen LogP contribution in [0.4, 0.5) is 0 Å². The fourth-order valence-electron chi connectivity index (χ4n) is 5.27. The zero-order valence-corrected chi connectivity index (χ0v) is 26.8. The number of nitrogens with zero attached hydrogens (tertiary/aromatic N) is 6. The Morgan fingerprint density at radius 1 is 0.378 bits per heavy atom. The molecule has 0 radical (unpaired) electrons. The Bertz CT molecular complexity index is 2200. The first-order chi connectivity index (χ1) is 21.8. The Hall–Kier alpha value is -4.91. The number of hydrogen-bond acceptors (Lipinski definition) is 7. The third kappa shape index (κ3) is 6.21. The van der Waals surface area contributed by atoms with E-state index in [9.17, 15) is 0 Å². The number of rotatable bonds is 1. The molecule has 0 atom stereocenters. The molecule has 45 heavy (non-hydrogen) atoms. The normalized spacial score (nSPS) is 10.7. The Labute approximate surface area is 276 Å². The van der Waals surface area contributed by atoms with E-state index in [-0.39, 0.29) is 19.5 Å². The van der Waals surface area contributed by atoms with Crippen LogP contribution >= 0.6 is 11.8 Å². The minimum Gasteiger partial charge on any atom is -0.254 e. The van der Waals surface area contributed by atoms with E-state index in [1.54, 1.807) is 36.5 Å². The van der Waals surface area contributed by atoms with Crippen molar-refractivity contribution in [1.82, 2.24) is 29.9 Å². The Kier molecular flexibility index (Phi) is 9.25. The van der Waals surface area contributed by atoms with Crippen molar-refractivity contribution in [3.63, 3.8) is 0 Å². The van der Waals surface area contributed by atoms with Gasteiger partial charge in [0.25, 0.3) is 0 Å². The first-order valence-corrected chi connectivity index (χ1v) is 15.4. The first-order valence-electron chi connectivity index (χ1n) is 14.1. The summed E-state index contributed by atoms with van der Waals surface area (Å²) in [7, 11) is 0. The summed E-state index contributed by atoms with van der Waals surface area (Å²) in [6, 6.07) is 34.6. The van der Waals surface area contributed by atoms with Gasteiger partial charge in [-0.25, -0.2) is 0 Å². The van der Waals surface area contributed by atoms with E-state index in [0.717, 1.165) is 60.0 Å². The van der Waals surface area contributed by atoms with Gasteiger partial charge in [0.2, 0.25) is 0 Å². The smallest absolute Gasteiger partial charge is 0.0975 e. The van der Waals surface area contributed by atoms with Crippen LogP contribution in [-0.2, 0) is 19.5 Å². The minimum atomic E-state index is 0. The van der Waals surface area contributed by atoms with Gasteiger partial charge in [-0.15, -0.1) is 11.8 Å².